The number of rotatable bonds is 2. The molecule has 0 aliphatic heterocycles. The second kappa shape index (κ2) is 6.86. The summed E-state index contributed by atoms with van der Waals surface area (Å²) in [5.74, 6) is 5.23. The first-order valence-electron chi connectivity index (χ1n) is 3.74. The molecule has 0 aliphatic rings. The van der Waals surface area contributed by atoms with Gasteiger partial charge in [0.05, 0.1) is 6.54 Å². The predicted molar refractivity (Wildman–Crippen MR) is 69.5 cm³/mol. The minimum atomic E-state index is 0. The Labute approximate surface area is 105 Å². The zero-order chi connectivity index (χ0) is 9.68. The summed E-state index contributed by atoms with van der Waals surface area (Å²) in [6.07, 6.45) is 0. The molecule has 0 saturated carbocycles. The van der Waals surface area contributed by atoms with E-state index in [-0.39, 0.29) is 29.9 Å². The van der Waals surface area contributed by atoms with Crippen molar-refractivity contribution in [2.75, 3.05) is 0 Å². The summed E-state index contributed by atoms with van der Waals surface area (Å²) in [7, 11) is 0. The molecule has 1 aromatic carbocycles. The van der Waals surface area contributed by atoms with Gasteiger partial charge >= 0.3 is 0 Å². The van der Waals surface area contributed by atoms with E-state index in [2.05, 4.69) is 10.4 Å². The SMILES string of the molecule is I.NNC(N)=NCc1ccccc1Cl. The minimum absolute atomic E-state index is 0. The first-order chi connectivity index (χ1) is 6.24. The summed E-state index contributed by atoms with van der Waals surface area (Å²) < 4.78 is 0. The van der Waals surface area contributed by atoms with E-state index in [9.17, 15) is 0 Å². The zero-order valence-electron chi connectivity index (χ0n) is 7.40. The van der Waals surface area contributed by atoms with Crippen LogP contribution in [0.4, 0.5) is 0 Å². The Morgan fingerprint density at radius 2 is 2.07 bits per heavy atom. The van der Waals surface area contributed by atoms with Crippen LogP contribution in [0.3, 0.4) is 0 Å². The van der Waals surface area contributed by atoms with Gasteiger partial charge in [-0.05, 0) is 11.6 Å². The summed E-state index contributed by atoms with van der Waals surface area (Å²) >= 11 is 5.89. The molecule has 0 radical (unpaired) electrons. The minimum Gasteiger partial charge on any atom is -0.369 e. The lowest BCUT2D eigenvalue weighted by Gasteiger charge is -2.01. The summed E-state index contributed by atoms with van der Waals surface area (Å²) in [6, 6.07) is 7.44. The molecular weight excluding hydrogens is 314 g/mol. The molecule has 0 saturated heterocycles. The third-order valence-electron chi connectivity index (χ3n) is 1.53. The molecule has 4 nitrogen and oxygen atoms in total. The van der Waals surface area contributed by atoms with Crippen molar-refractivity contribution in [1.29, 1.82) is 0 Å². The van der Waals surface area contributed by atoms with Gasteiger partial charge in [-0.3, -0.25) is 5.43 Å². The Morgan fingerprint density at radius 3 is 2.64 bits per heavy atom. The summed E-state index contributed by atoms with van der Waals surface area (Å²) in [5.41, 5.74) is 8.50. The van der Waals surface area contributed by atoms with Crippen LogP contribution in [0.5, 0.6) is 0 Å². The van der Waals surface area contributed by atoms with E-state index in [0.717, 1.165) is 5.56 Å². The van der Waals surface area contributed by atoms with Crippen LogP contribution in [0, 0.1) is 0 Å². The first kappa shape index (κ1) is 13.5. The summed E-state index contributed by atoms with van der Waals surface area (Å²) in [5, 5.41) is 0.677. The Hall–Kier alpha value is -0.530. The van der Waals surface area contributed by atoms with Gasteiger partial charge < -0.3 is 5.73 Å². The van der Waals surface area contributed by atoms with Crippen molar-refractivity contribution < 1.29 is 0 Å². The Balaban J connectivity index is 0.00000169. The van der Waals surface area contributed by atoms with Crippen molar-refractivity contribution in [3.63, 3.8) is 0 Å². The number of aliphatic imine (C=N–C) groups is 1. The van der Waals surface area contributed by atoms with E-state index < -0.39 is 0 Å². The molecule has 0 amide bonds. The third-order valence-corrected chi connectivity index (χ3v) is 1.89. The highest BCUT2D eigenvalue weighted by Gasteiger charge is 1.96. The van der Waals surface area contributed by atoms with Crippen LogP contribution in [0.2, 0.25) is 5.02 Å². The second-order valence-corrected chi connectivity index (χ2v) is 2.84. The van der Waals surface area contributed by atoms with Gasteiger partial charge in [0.1, 0.15) is 0 Å². The standard InChI is InChI=1S/C8H11ClN4.HI/c9-7-4-2-1-3-6(7)5-12-8(10)13-11;/h1-4H,5,11H2,(H3,10,12,13);1H. The maximum absolute atomic E-state index is 5.89. The number of nitrogens with zero attached hydrogens (tertiary/aromatic N) is 1. The van der Waals surface area contributed by atoms with Crippen molar-refractivity contribution in [3.8, 4) is 0 Å². The Morgan fingerprint density at radius 1 is 1.43 bits per heavy atom. The predicted octanol–water partition coefficient (Wildman–Crippen LogP) is 1.24. The van der Waals surface area contributed by atoms with Gasteiger partial charge in [0.2, 0.25) is 5.96 Å². The number of hydrogen-bond acceptors (Lipinski definition) is 2. The fourth-order valence-corrected chi connectivity index (χ4v) is 1.04. The molecule has 0 aliphatic carbocycles. The number of benzene rings is 1. The highest BCUT2D eigenvalue weighted by atomic mass is 127. The molecule has 78 valence electrons. The average molecular weight is 327 g/mol. The van der Waals surface area contributed by atoms with E-state index in [1.807, 2.05) is 18.2 Å². The fourth-order valence-electron chi connectivity index (χ4n) is 0.843. The van der Waals surface area contributed by atoms with Crippen molar-refractivity contribution >= 4 is 41.5 Å². The van der Waals surface area contributed by atoms with Crippen LogP contribution >= 0.6 is 35.6 Å². The molecule has 14 heavy (non-hydrogen) atoms. The van der Waals surface area contributed by atoms with Crippen molar-refractivity contribution in [1.82, 2.24) is 5.43 Å². The molecule has 0 atom stereocenters. The van der Waals surface area contributed by atoms with Crippen LogP contribution in [-0.4, -0.2) is 5.96 Å². The molecule has 0 unspecified atom stereocenters. The smallest absolute Gasteiger partial charge is 0.203 e. The van der Waals surface area contributed by atoms with Crippen molar-refractivity contribution in [3.05, 3.63) is 34.9 Å². The molecule has 1 aromatic rings. The van der Waals surface area contributed by atoms with Crippen LogP contribution in [0.25, 0.3) is 0 Å². The van der Waals surface area contributed by atoms with Crippen LogP contribution in [0.1, 0.15) is 5.56 Å². The molecule has 0 heterocycles. The second-order valence-electron chi connectivity index (χ2n) is 2.44. The molecule has 6 heteroatoms. The van der Waals surface area contributed by atoms with Crippen LogP contribution in [0.15, 0.2) is 29.3 Å². The lowest BCUT2D eigenvalue weighted by atomic mass is 10.2. The van der Waals surface area contributed by atoms with E-state index in [0.29, 0.717) is 11.6 Å². The first-order valence-corrected chi connectivity index (χ1v) is 4.12. The van der Waals surface area contributed by atoms with E-state index in [1.54, 1.807) is 6.07 Å². The maximum atomic E-state index is 5.89. The van der Waals surface area contributed by atoms with Crippen LogP contribution in [-0.2, 0) is 6.54 Å². The number of hydrogen-bond donors (Lipinski definition) is 3. The summed E-state index contributed by atoms with van der Waals surface area (Å²) in [6.45, 7) is 0.426. The van der Waals surface area contributed by atoms with Gasteiger partial charge in [-0.15, -0.1) is 24.0 Å². The van der Waals surface area contributed by atoms with Gasteiger partial charge in [-0.2, -0.15) is 0 Å². The molecule has 0 bridgehead atoms. The highest BCUT2D eigenvalue weighted by molar-refractivity contribution is 14.0. The van der Waals surface area contributed by atoms with Gasteiger partial charge in [0.15, 0.2) is 0 Å². The van der Waals surface area contributed by atoms with Gasteiger partial charge in [-0.1, -0.05) is 29.8 Å². The van der Waals surface area contributed by atoms with E-state index in [1.165, 1.54) is 0 Å². The van der Waals surface area contributed by atoms with Crippen LogP contribution < -0.4 is 17.0 Å². The lowest BCUT2D eigenvalue weighted by Crippen LogP contribution is -2.37. The fraction of sp³-hybridized carbons (Fsp3) is 0.125. The molecule has 0 aromatic heterocycles. The van der Waals surface area contributed by atoms with Gasteiger partial charge in [0, 0.05) is 5.02 Å². The number of hydrazine groups is 1. The number of halogens is 2. The molecule has 1 rings (SSSR count). The number of nitrogens with two attached hydrogens (primary N) is 2. The average Bonchev–Trinajstić information content (AvgIpc) is 2.16. The monoisotopic (exact) mass is 326 g/mol. The largest absolute Gasteiger partial charge is 0.369 e. The van der Waals surface area contributed by atoms with Crippen molar-refractivity contribution in [2.45, 2.75) is 6.54 Å². The molecule has 0 fully saturated rings. The highest BCUT2D eigenvalue weighted by Crippen LogP contribution is 2.15. The Bertz CT molecular complexity index is 316. The number of nitrogens with one attached hydrogen (secondary N) is 1. The Kier molecular flexibility index (Phi) is 6.60. The summed E-state index contributed by atoms with van der Waals surface area (Å²) in [4.78, 5) is 3.95. The lowest BCUT2D eigenvalue weighted by molar-refractivity contribution is 0.958. The molecule has 0 spiro atoms. The topological polar surface area (TPSA) is 76.4 Å². The molecular formula is C8H12ClIN4. The molecule has 5 N–H and O–H groups in total. The normalized spacial score (nSPS) is 10.6. The zero-order valence-corrected chi connectivity index (χ0v) is 10.5. The third kappa shape index (κ3) is 4.12. The van der Waals surface area contributed by atoms with Crippen molar-refractivity contribution in [2.24, 2.45) is 16.6 Å². The quantitative estimate of drug-likeness (QED) is 0.252. The van der Waals surface area contributed by atoms with E-state index in [4.69, 9.17) is 23.2 Å². The van der Waals surface area contributed by atoms with Gasteiger partial charge in [0.25, 0.3) is 0 Å². The maximum Gasteiger partial charge on any atom is 0.203 e. The van der Waals surface area contributed by atoms with E-state index >= 15 is 0 Å². The number of guanidine groups is 1. The van der Waals surface area contributed by atoms with Gasteiger partial charge in [-0.25, -0.2) is 10.8 Å².